The molecule has 0 spiro atoms. The number of carbonyl (C=O) groups excluding carboxylic acids is 1. The first-order valence-electron chi connectivity index (χ1n) is 7.01. The molecular formula is C15H17ClFN3O. The number of hydrogen-bond acceptors (Lipinski definition) is 2. The van der Waals surface area contributed by atoms with Gasteiger partial charge in [0.15, 0.2) is 5.82 Å². The summed E-state index contributed by atoms with van der Waals surface area (Å²) in [5.41, 5.74) is 1.00. The largest absolute Gasteiger partial charge is 0.350 e. The maximum atomic E-state index is 13.9. The van der Waals surface area contributed by atoms with Crippen LogP contribution in [-0.2, 0) is 0 Å². The molecule has 0 atom stereocenters. The molecule has 0 aliphatic carbocycles. The normalized spacial score (nSPS) is 17.2. The van der Waals surface area contributed by atoms with Crippen molar-refractivity contribution in [3.05, 3.63) is 34.7 Å². The highest BCUT2D eigenvalue weighted by atomic mass is 35.5. The van der Waals surface area contributed by atoms with Crippen molar-refractivity contribution >= 4 is 28.4 Å². The minimum absolute atomic E-state index is 0.0666. The molecule has 0 saturated carbocycles. The van der Waals surface area contributed by atoms with Gasteiger partial charge in [-0.1, -0.05) is 11.6 Å². The summed E-state index contributed by atoms with van der Waals surface area (Å²) in [5.74, 6) is -0.572. The number of nitrogens with one attached hydrogen (secondary N) is 1. The highest BCUT2D eigenvalue weighted by molar-refractivity contribution is 6.31. The van der Waals surface area contributed by atoms with Crippen molar-refractivity contribution in [3.63, 3.8) is 0 Å². The minimum atomic E-state index is -0.486. The Hall–Kier alpha value is -1.59. The van der Waals surface area contributed by atoms with Gasteiger partial charge >= 0.3 is 0 Å². The molecule has 0 unspecified atom stereocenters. The van der Waals surface area contributed by atoms with E-state index in [1.807, 2.05) is 11.9 Å². The number of amides is 1. The zero-order valence-electron chi connectivity index (χ0n) is 11.8. The van der Waals surface area contributed by atoms with E-state index in [0.717, 1.165) is 26.1 Å². The highest BCUT2D eigenvalue weighted by Crippen LogP contribution is 2.25. The number of nitrogens with zero attached hydrogens (tertiary/aromatic N) is 2. The topological polar surface area (TPSA) is 39.3 Å². The Labute approximate surface area is 127 Å². The van der Waals surface area contributed by atoms with Crippen LogP contribution in [0.25, 0.3) is 10.9 Å². The molecule has 21 heavy (non-hydrogen) atoms. The van der Waals surface area contributed by atoms with Crippen LogP contribution in [0.5, 0.6) is 0 Å². The number of halogens is 2. The molecular weight excluding hydrogens is 293 g/mol. The number of aromatic amines is 1. The predicted molar refractivity (Wildman–Crippen MR) is 81.3 cm³/mol. The maximum absolute atomic E-state index is 13.9. The van der Waals surface area contributed by atoms with Gasteiger partial charge in [-0.2, -0.15) is 0 Å². The van der Waals surface area contributed by atoms with E-state index < -0.39 is 5.82 Å². The Morgan fingerprint density at radius 3 is 2.90 bits per heavy atom. The van der Waals surface area contributed by atoms with Gasteiger partial charge in [0.1, 0.15) is 5.69 Å². The summed E-state index contributed by atoms with van der Waals surface area (Å²) in [6.45, 7) is 3.25. The van der Waals surface area contributed by atoms with Crippen LogP contribution in [0.1, 0.15) is 16.9 Å². The molecule has 6 heteroatoms. The third-order valence-electron chi connectivity index (χ3n) is 3.93. The molecule has 1 aromatic heterocycles. The molecule has 112 valence electrons. The van der Waals surface area contributed by atoms with Crippen LogP contribution < -0.4 is 0 Å². The molecule has 1 amide bonds. The van der Waals surface area contributed by atoms with Gasteiger partial charge in [-0.25, -0.2) is 4.39 Å². The standard InChI is InChI=1S/C15H17ClFN3O/c1-19-5-2-6-20(8-7-19)15(21)13-9-10-12(18-13)4-3-11(16)14(10)17/h3-4,9,18H,2,5-8H2,1H3. The fraction of sp³-hybridized carbons (Fsp3) is 0.400. The van der Waals surface area contributed by atoms with Crippen molar-refractivity contribution in [2.75, 3.05) is 33.2 Å². The van der Waals surface area contributed by atoms with Crippen molar-refractivity contribution < 1.29 is 9.18 Å². The van der Waals surface area contributed by atoms with E-state index in [1.54, 1.807) is 12.1 Å². The van der Waals surface area contributed by atoms with E-state index in [9.17, 15) is 9.18 Å². The highest BCUT2D eigenvalue weighted by Gasteiger charge is 2.21. The number of fused-ring (bicyclic) bond motifs is 1. The van der Waals surface area contributed by atoms with Crippen molar-refractivity contribution in [2.24, 2.45) is 0 Å². The summed E-state index contributed by atoms with van der Waals surface area (Å²) in [5, 5.41) is 0.426. The molecule has 1 aliphatic rings. The van der Waals surface area contributed by atoms with Crippen molar-refractivity contribution in [1.82, 2.24) is 14.8 Å². The molecule has 1 aromatic carbocycles. The van der Waals surface area contributed by atoms with Crippen molar-refractivity contribution in [3.8, 4) is 0 Å². The van der Waals surface area contributed by atoms with Gasteiger partial charge in [0.05, 0.1) is 5.02 Å². The first kappa shape index (κ1) is 14.4. The van der Waals surface area contributed by atoms with E-state index in [2.05, 4.69) is 9.88 Å². The number of carbonyl (C=O) groups is 1. The van der Waals surface area contributed by atoms with Crippen molar-refractivity contribution in [1.29, 1.82) is 0 Å². The third kappa shape index (κ3) is 2.76. The number of benzene rings is 1. The van der Waals surface area contributed by atoms with Gasteiger partial charge < -0.3 is 14.8 Å². The number of aromatic nitrogens is 1. The fourth-order valence-corrected chi connectivity index (χ4v) is 2.84. The van der Waals surface area contributed by atoms with Crippen LogP contribution in [0.15, 0.2) is 18.2 Å². The summed E-state index contributed by atoms with van der Waals surface area (Å²) in [6, 6.07) is 4.73. The van der Waals surface area contributed by atoms with E-state index >= 15 is 0 Å². The van der Waals surface area contributed by atoms with Crippen LogP contribution in [0, 0.1) is 5.82 Å². The molecule has 2 heterocycles. The number of likely N-dealkylation sites (N-methyl/N-ethyl adjacent to an activating group) is 1. The van der Waals surface area contributed by atoms with Gasteiger partial charge in [0.2, 0.25) is 0 Å². The smallest absolute Gasteiger partial charge is 0.270 e. The molecule has 1 fully saturated rings. The third-order valence-corrected chi connectivity index (χ3v) is 4.22. The Morgan fingerprint density at radius 2 is 2.10 bits per heavy atom. The molecule has 1 N–H and O–H groups in total. The summed E-state index contributed by atoms with van der Waals surface area (Å²) >= 11 is 5.77. The number of rotatable bonds is 1. The van der Waals surface area contributed by atoms with E-state index in [-0.39, 0.29) is 10.9 Å². The molecule has 1 saturated heterocycles. The van der Waals surface area contributed by atoms with E-state index in [0.29, 0.717) is 23.1 Å². The van der Waals surface area contributed by atoms with Crippen LogP contribution in [0.2, 0.25) is 5.02 Å². The summed E-state index contributed by atoms with van der Waals surface area (Å²) < 4.78 is 13.9. The lowest BCUT2D eigenvalue weighted by Crippen LogP contribution is -2.34. The lowest BCUT2D eigenvalue weighted by atomic mass is 10.2. The van der Waals surface area contributed by atoms with Crippen LogP contribution in [0.3, 0.4) is 0 Å². The molecule has 1 aliphatic heterocycles. The zero-order chi connectivity index (χ0) is 15.0. The molecule has 3 rings (SSSR count). The average molecular weight is 310 g/mol. The first-order valence-corrected chi connectivity index (χ1v) is 7.38. The second kappa shape index (κ2) is 5.66. The summed E-state index contributed by atoms with van der Waals surface area (Å²) in [6.07, 6.45) is 0.947. The molecule has 0 bridgehead atoms. The Bertz CT molecular complexity index is 685. The monoisotopic (exact) mass is 309 g/mol. The van der Waals surface area contributed by atoms with Crippen molar-refractivity contribution in [2.45, 2.75) is 6.42 Å². The second-order valence-corrected chi connectivity index (χ2v) is 5.86. The van der Waals surface area contributed by atoms with E-state index in [4.69, 9.17) is 11.6 Å². The quantitative estimate of drug-likeness (QED) is 0.880. The zero-order valence-corrected chi connectivity index (χ0v) is 12.6. The van der Waals surface area contributed by atoms with Gasteiger partial charge in [0.25, 0.3) is 5.91 Å². The van der Waals surface area contributed by atoms with Crippen LogP contribution >= 0.6 is 11.6 Å². The Morgan fingerprint density at radius 1 is 1.29 bits per heavy atom. The Balaban J connectivity index is 1.89. The van der Waals surface area contributed by atoms with Gasteiger partial charge in [0, 0.05) is 30.5 Å². The first-order chi connectivity index (χ1) is 10.1. The molecule has 2 aromatic rings. The minimum Gasteiger partial charge on any atom is -0.350 e. The van der Waals surface area contributed by atoms with Crippen LogP contribution in [0.4, 0.5) is 4.39 Å². The Kier molecular flexibility index (Phi) is 3.87. The predicted octanol–water partition coefficient (Wildman–Crippen LogP) is 2.74. The number of H-pyrrole nitrogens is 1. The molecule has 0 radical (unpaired) electrons. The average Bonchev–Trinajstić information content (AvgIpc) is 2.79. The second-order valence-electron chi connectivity index (χ2n) is 5.45. The SMILES string of the molecule is CN1CCCN(C(=O)c2cc3c(F)c(Cl)ccc3[nH]2)CC1. The lowest BCUT2D eigenvalue weighted by Gasteiger charge is -2.19. The fourth-order valence-electron chi connectivity index (χ4n) is 2.68. The van der Waals surface area contributed by atoms with Gasteiger partial charge in [-0.15, -0.1) is 0 Å². The summed E-state index contributed by atoms with van der Waals surface area (Å²) in [4.78, 5) is 19.6. The summed E-state index contributed by atoms with van der Waals surface area (Å²) in [7, 11) is 2.05. The van der Waals surface area contributed by atoms with Crippen LogP contribution in [-0.4, -0.2) is 53.9 Å². The van der Waals surface area contributed by atoms with Gasteiger partial charge in [-0.3, -0.25) is 4.79 Å². The van der Waals surface area contributed by atoms with Gasteiger partial charge in [-0.05, 0) is 38.2 Å². The van der Waals surface area contributed by atoms with E-state index in [1.165, 1.54) is 6.07 Å². The number of hydrogen-bond donors (Lipinski definition) is 1. The maximum Gasteiger partial charge on any atom is 0.270 e. The molecule has 4 nitrogen and oxygen atoms in total. The lowest BCUT2D eigenvalue weighted by molar-refractivity contribution is 0.0758.